The van der Waals surface area contributed by atoms with Crippen LogP contribution in [0, 0.1) is 0 Å². The molecule has 10 nitrogen and oxygen atoms in total. The van der Waals surface area contributed by atoms with E-state index in [2.05, 4.69) is 15.0 Å². The predicted octanol–water partition coefficient (Wildman–Crippen LogP) is 1.04. The summed E-state index contributed by atoms with van der Waals surface area (Å²) in [5.41, 5.74) is 5.18. The van der Waals surface area contributed by atoms with Gasteiger partial charge in [0.2, 0.25) is 0 Å². The zero-order valence-electron chi connectivity index (χ0n) is 16.0. The summed E-state index contributed by atoms with van der Waals surface area (Å²) in [4.78, 5) is 40.0. The zero-order valence-corrected chi connectivity index (χ0v) is 16.0. The van der Waals surface area contributed by atoms with Gasteiger partial charge in [0.05, 0.1) is 26.1 Å². The van der Waals surface area contributed by atoms with Crippen molar-refractivity contribution in [1.82, 2.24) is 10.3 Å². The first-order valence-electron chi connectivity index (χ1n) is 8.08. The van der Waals surface area contributed by atoms with Crippen molar-refractivity contribution in [3.05, 3.63) is 18.5 Å². The summed E-state index contributed by atoms with van der Waals surface area (Å²) in [6, 6.07) is 0.247. The number of hydrogen-bond donors (Lipinski definition) is 2. The number of alkyl carbamates (subject to hydrolysis) is 1. The number of amides is 1. The van der Waals surface area contributed by atoms with Gasteiger partial charge < -0.3 is 30.0 Å². The van der Waals surface area contributed by atoms with Gasteiger partial charge in [-0.15, -0.1) is 0 Å². The average Bonchev–Trinajstić information content (AvgIpc) is 2.59. The first-order valence-corrected chi connectivity index (χ1v) is 8.08. The molecular formula is C17H25N3O7. The van der Waals surface area contributed by atoms with Crippen molar-refractivity contribution in [3.8, 4) is 5.75 Å². The van der Waals surface area contributed by atoms with Gasteiger partial charge in [-0.2, -0.15) is 0 Å². The third-order valence-corrected chi connectivity index (χ3v) is 3.17. The summed E-state index contributed by atoms with van der Waals surface area (Å²) in [7, 11) is 2.32. The van der Waals surface area contributed by atoms with E-state index in [0.29, 0.717) is 0 Å². The number of nitrogens with one attached hydrogen (secondary N) is 1. The number of carbonyl (C=O) groups is 3. The number of methoxy groups -OCH3 is 2. The van der Waals surface area contributed by atoms with E-state index in [-0.39, 0.29) is 17.9 Å². The molecule has 0 aliphatic rings. The van der Waals surface area contributed by atoms with Crippen molar-refractivity contribution in [2.45, 2.75) is 44.9 Å². The summed E-state index contributed by atoms with van der Waals surface area (Å²) in [6.07, 6.45) is 0.432. The van der Waals surface area contributed by atoms with Crippen LogP contribution in [0.1, 0.15) is 27.2 Å². The van der Waals surface area contributed by atoms with E-state index >= 15 is 0 Å². The maximum atomic E-state index is 12.1. The molecule has 0 radical (unpaired) electrons. The van der Waals surface area contributed by atoms with E-state index < -0.39 is 35.8 Å². The molecule has 0 aliphatic heterocycles. The third kappa shape index (κ3) is 7.38. The third-order valence-electron chi connectivity index (χ3n) is 3.17. The first-order chi connectivity index (χ1) is 12.6. The molecule has 0 unspecified atom stereocenters. The minimum atomic E-state index is -1.24. The maximum absolute atomic E-state index is 12.1. The Morgan fingerprint density at radius 3 is 2.33 bits per heavy atom. The SMILES string of the molecule is COC(=O)[C@H](C[C@@H](Oc1ccncc1N)C(=O)OC)NC(=O)OC(C)(C)C. The number of pyridine rings is 1. The van der Waals surface area contributed by atoms with E-state index in [0.717, 1.165) is 7.11 Å². The molecule has 3 N–H and O–H groups in total. The Morgan fingerprint density at radius 2 is 1.81 bits per heavy atom. The van der Waals surface area contributed by atoms with Crippen molar-refractivity contribution >= 4 is 23.7 Å². The highest BCUT2D eigenvalue weighted by Crippen LogP contribution is 2.22. The van der Waals surface area contributed by atoms with Gasteiger partial charge in [0, 0.05) is 18.7 Å². The van der Waals surface area contributed by atoms with E-state index in [1.165, 1.54) is 25.6 Å². The summed E-state index contributed by atoms with van der Waals surface area (Å²) in [6.45, 7) is 5.02. The molecule has 0 saturated carbocycles. The van der Waals surface area contributed by atoms with E-state index in [1.807, 2.05) is 0 Å². The molecule has 27 heavy (non-hydrogen) atoms. The van der Waals surface area contributed by atoms with Crippen molar-refractivity contribution in [2.75, 3.05) is 20.0 Å². The molecule has 0 aromatic carbocycles. The van der Waals surface area contributed by atoms with Crippen LogP contribution in [0.3, 0.4) is 0 Å². The summed E-state index contributed by atoms with van der Waals surface area (Å²) in [5, 5.41) is 2.37. The van der Waals surface area contributed by atoms with Crippen LogP contribution in [0.15, 0.2) is 18.5 Å². The first kappa shape index (κ1) is 22.0. The largest absolute Gasteiger partial charge is 0.476 e. The molecule has 1 amide bonds. The lowest BCUT2D eigenvalue weighted by atomic mass is 10.1. The molecule has 1 aromatic heterocycles. The molecule has 0 saturated heterocycles. The molecule has 1 aromatic rings. The Hall–Kier alpha value is -3.04. The number of nitrogens with two attached hydrogens (primary N) is 1. The van der Waals surface area contributed by atoms with Gasteiger partial charge in [0.25, 0.3) is 0 Å². The van der Waals surface area contributed by atoms with Crippen LogP contribution in [-0.2, 0) is 23.8 Å². The molecular weight excluding hydrogens is 358 g/mol. The molecule has 0 spiro atoms. The second-order valence-corrected chi connectivity index (χ2v) is 6.50. The van der Waals surface area contributed by atoms with Crippen molar-refractivity contribution in [2.24, 2.45) is 0 Å². The summed E-state index contributed by atoms with van der Waals surface area (Å²) >= 11 is 0. The van der Waals surface area contributed by atoms with E-state index in [4.69, 9.17) is 19.9 Å². The van der Waals surface area contributed by atoms with Crippen molar-refractivity contribution in [3.63, 3.8) is 0 Å². The Kier molecular flexibility index (Phi) is 7.82. The molecule has 2 atom stereocenters. The molecule has 1 rings (SSSR count). The lowest BCUT2D eigenvalue weighted by Gasteiger charge is -2.25. The number of hydrogen-bond acceptors (Lipinski definition) is 9. The average molecular weight is 383 g/mol. The van der Waals surface area contributed by atoms with Gasteiger partial charge in [-0.1, -0.05) is 0 Å². The van der Waals surface area contributed by atoms with Crippen LogP contribution >= 0.6 is 0 Å². The van der Waals surface area contributed by atoms with Crippen LogP contribution in [0.2, 0.25) is 0 Å². The van der Waals surface area contributed by atoms with Crippen LogP contribution in [0.25, 0.3) is 0 Å². The Morgan fingerprint density at radius 1 is 1.19 bits per heavy atom. The molecule has 1 heterocycles. The monoisotopic (exact) mass is 383 g/mol. The number of ether oxygens (including phenoxy) is 4. The van der Waals surface area contributed by atoms with Gasteiger partial charge in [-0.25, -0.2) is 14.4 Å². The van der Waals surface area contributed by atoms with Gasteiger partial charge in [0.1, 0.15) is 17.4 Å². The Bertz CT molecular complexity index is 673. The van der Waals surface area contributed by atoms with E-state index in [9.17, 15) is 14.4 Å². The normalized spacial score (nSPS) is 13.1. The number of aromatic nitrogens is 1. The number of esters is 2. The lowest BCUT2D eigenvalue weighted by Crippen LogP contribution is -2.47. The zero-order chi connectivity index (χ0) is 20.6. The minimum absolute atomic E-state index is 0.182. The fraction of sp³-hybridized carbons (Fsp3) is 0.529. The lowest BCUT2D eigenvalue weighted by molar-refractivity contribution is -0.151. The van der Waals surface area contributed by atoms with Gasteiger partial charge >= 0.3 is 18.0 Å². The van der Waals surface area contributed by atoms with E-state index in [1.54, 1.807) is 20.8 Å². The quantitative estimate of drug-likeness (QED) is 0.522. The smallest absolute Gasteiger partial charge is 0.408 e. The number of nitrogen functional groups attached to an aromatic ring is 1. The van der Waals surface area contributed by atoms with Crippen LogP contribution in [0.4, 0.5) is 10.5 Å². The predicted molar refractivity (Wildman–Crippen MR) is 94.9 cm³/mol. The highest BCUT2D eigenvalue weighted by molar-refractivity contribution is 5.83. The molecule has 150 valence electrons. The highest BCUT2D eigenvalue weighted by atomic mass is 16.6. The van der Waals surface area contributed by atoms with Gasteiger partial charge in [-0.05, 0) is 20.8 Å². The molecule has 0 bridgehead atoms. The Labute approximate surface area is 157 Å². The fourth-order valence-electron chi connectivity index (χ4n) is 2.00. The van der Waals surface area contributed by atoms with Crippen LogP contribution in [-0.4, -0.2) is 55.0 Å². The van der Waals surface area contributed by atoms with Crippen LogP contribution < -0.4 is 15.8 Å². The molecule has 10 heteroatoms. The molecule has 0 aliphatic carbocycles. The summed E-state index contributed by atoms with van der Waals surface area (Å²) in [5.74, 6) is -1.35. The number of anilines is 1. The van der Waals surface area contributed by atoms with Gasteiger partial charge in [-0.3, -0.25) is 4.98 Å². The minimum Gasteiger partial charge on any atom is -0.476 e. The standard InChI is InChI=1S/C17H25N3O7/c1-17(2,3)27-16(23)20-11(14(21)24-4)8-13(15(22)25-5)26-12-6-7-19-9-10(12)18/h6-7,9,11,13H,8,18H2,1-5H3,(H,20,23)/t11-,13+/m0/s1. The maximum Gasteiger partial charge on any atom is 0.408 e. The number of nitrogens with zero attached hydrogens (tertiary/aromatic N) is 1. The second kappa shape index (κ2) is 9.60. The van der Waals surface area contributed by atoms with Crippen molar-refractivity contribution in [1.29, 1.82) is 0 Å². The Balaban J connectivity index is 2.98. The number of rotatable bonds is 7. The summed E-state index contributed by atoms with van der Waals surface area (Å²) < 4.78 is 20.1. The second-order valence-electron chi connectivity index (χ2n) is 6.50. The highest BCUT2D eigenvalue weighted by Gasteiger charge is 2.33. The van der Waals surface area contributed by atoms with Crippen molar-refractivity contribution < 1.29 is 33.3 Å². The van der Waals surface area contributed by atoms with Gasteiger partial charge in [0.15, 0.2) is 6.10 Å². The topological polar surface area (TPSA) is 139 Å². The number of carbonyl (C=O) groups excluding carboxylic acids is 3. The fourth-order valence-corrected chi connectivity index (χ4v) is 2.00. The molecule has 0 fully saturated rings. The van der Waals surface area contributed by atoms with Crippen LogP contribution in [0.5, 0.6) is 5.75 Å².